The number of ether oxygens (including phenoxy) is 5. The summed E-state index contributed by atoms with van der Waals surface area (Å²) in [6.45, 7) is 19.5. The minimum Gasteiger partial charge on any atom is -0.744 e. The average Bonchev–Trinajstić information content (AvgIpc) is 3.03. The summed E-state index contributed by atoms with van der Waals surface area (Å²) in [5.74, 6) is -10.6. The van der Waals surface area contributed by atoms with Crippen LogP contribution in [-0.2, 0) is 50.6 Å². The third kappa shape index (κ3) is 24.3. The van der Waals surface area contributed by atoms with E-state index in [0.29, 0.717) is 17.4 Å². The molecule has 84 heavy (non-hydrogen) atoms. The highest BCUT2D eigenvalue weighted by atomic mass is 32.2. The molecule has 36 heteroatoms. The Bertz CT molecular complexity index is 3620. The number of aryl methyl sites for hydroxylation is 2. The number of hydrogen-bond donors (Lipinski definition) is 0. The largest absolute Gasteiger partial charge is 0.744 e. The lowest BCUT2D eigenvalue weighted by atomic mass is 10.2. The molecule has 0 aliphatic heterocycles. The van der Waals surface area contributed by atoms with Crippen LogP contribution in [0.15, 0.2) is 91.2 Å². The Kier molecular flexibility index (Phi) is 28.6. The second-order valence-electron chi connectivity index (χ2n) is 17.8. The molecule has 470 valence electrons. The Hall–Kier alpha value is -7.03. The number of nitrogens with zero attached hydrogens (tertiary/aromatic N) is 2. The van der Waals surface area contributed by atoms with Crippen LogP contribution in [-0.4, -0.2) is 105 Å². The monoisotopic (exact) mass is 1300 g/mol. The molecule has 0 aliphatic carbocycles. The summed E-state index contributed by atoms with van der Waals surface area (Å²) >= 11 is 0. The van der Waals surface area contributed by atoms with E-state index >= 15 is 0 Å². The van der Waals surface area contributed by atoms with Crippen molar-refractivity contribution >= 4 is 62.0 Å². The van der Waals surface area contributed by atoms with Gasteiger partial charge in [-0.15, -0.1) is 0 Å². The second kappa shape index (κ2) is 31.2. The van der Waals surface area contributed by atoms with Gasteiger partial charge in [0.05, 0.1) is 59.9 Å². The minimum absolute atomic E-state index is 0. The normalized spacial score (nSPS) is 11.6. The van der Waals surface area contributed by atoms with E-state index in [1.54, 1.807) is 54.5 Å². The summed E-state index contributed by atoms with van der Waals surface area (Å²) in [4.78, 5) is 15.4. The van der Waals surface area contributed by atoms with E-state index in [1.807, 2.05) is 13.8 Å². The van der Waals surface area contributed by atoms with Crippen LogP contribution < -0.4 is 23.7 Å². The lowest BCUT2D eigenvalue weighted by Crippen LogP contribution is -2.15. The van der Waals surface area contributed by atoms with Gasteiger partial charge in [-0.2, -0.15) is 8.78 Å². The molecule has 0 fully saturated rings. The SMILES string of the molecule is CC(C)Oc1c(F)c(F)c(S(=O)(=O)[O-])c(F)c1F.CC(C)Oc1ccc(S(=O)(=O)[O-])c(F)c1.CC(C)Oc1ccc(S(=O)(=O)[O-])cc1[N+](=O)[O-].Cc1cc(OC(C)C)c([N+](=O)[O-])cc1S(=O)(=O)[O-].Cc1cc(OC(C)C)ccc1S(=O)(=O)[O-].[CH3+]. The lowest BCUT2D eigenvalue weighted by molar-refractivity contribution is -0.386. The van der Waals surface area contributed by atoms with Crippen LogP contribution in [0.4, 0.5) is 33.3 Å². The Balaban J connectivity index is 0.00000102. The molecule has 26 nitrogen and oxygen atoms in total. The van der Waals surface area contributed by atoms with Crippen LogP contribution in [0.5, 0.6) is 28.7 Å². The van der Waals surface area contributed by atoms with Crippen molar-refractivity contribution in [1.29, 1.82) is 0 Å². The van der Waals surface area contributed by atoms with E-state index < -0.39 is 132 Å². The van der Waals surface area contributed by atoms with E-state index in [0.717, 1.165) is 30.3 Å². The van der Waals surface area contributed by atoms with Gasteiger partial charge in [0.25, 0.3) is 0 Å². The summed E-state index contributed by atoms with van der Waals surface area (Å²) in [5, 5.41) is 21.5. The van der Waals surface area contributed by atoms with E-state index in [-0.39, 0.29) is 59.5 Å². The summed E-state index contributed by atoms with van der Waals surface area (Å²) in [7, 11) is -24.3. The van der Waals surface area contributed by atoms with Gasteiger partial charge in [0.1, 0.15) is 72.8 Å². The van der Waals surface area contributed by atoms with Crippen molar-refractivity contribution in [1.82, 2.24) is 0 Å². The molecule has 0 aromatic heterocycles. The fraction of sp³-hybridized carbons (Fsp3) is 0.354. The fourth-order valence-electron chi connectivity index (χ4n) is 5.99. The predicted octanol–water partition coefficient (Wildman–Crippen LogP) is 8.47. The van der Waals surface area contributed by atoms with Crippen molar-refractivity contribution < 1.29 is 120 Å². The van der Waals surface area contributed by atoms with Gasteiger partial charge in [-0.25, -0.2) is 55.3 Å². The number of nitro groups is 2. The molecule has 0 heterocycles. The molecule has 5 aromatic rings. The van der Waals surface area contributed by atoms with Gasteiger partial charge in [-0.05, 0) is 143 Å². The van der Waals surface area contributed by atoms with Crippen molar-refractivity contribution in [2.45, 2.75) is 138 Å². The highest BCUT2D eigenvalue weighted by Gasteiger charge is 2.30. The smallest absolute Gasteiger partial charge is 0.312 e. The molecule has 0 spiro atoms. The molecule has 0 amide bonds. The Labute approximate surface area is 481 Å². The standard InChI is InChI=1S/C10H13NO6S.C10H14O4S.C9H8F4O4S.C9H11FO4S.C9H11NO6S.CH3/c1-6(2)17-9-4-7(3)10(18(14,15)16)5-8(9)11(12)13;1-7(2)14-9-4-5-10(8(3)6-9)15(11,12)13;1-3(2)17-8-4(10)6(12)9(18(14,15)16)7(13)5(8)11;1-6(2)14-7-3-4-9(8(10)5-7)15(11,12)13;1-6(2)16-9-4-3-7(17(13,14)15)5-8(9)10(11)12;/h4-6H,1-3H3,(H,14,15,16);4-7H,1-3H3,(H,11,12,13);3H,1-2H3,(H,14,15,16);3-6H,1-2H3,(H,11,12,13);3-6H,1-2H3,(H,13,14,15);1H3/q;;;;;+1/p-5. The van der Waals surface area contributed by atoms with Gasteiger partial charge in [-0.3, -0.25) is 20.2 Å². The van der Waals surface area contributed by atoms with E-state index in [9.17, 15) is 107 Å². The molecule has 5 aromatic carbocycles. The van der Waals surface area contributed by atoms with Gasteiger partial charge < -0.3 is 46.4 Å². The molecule has 0 aliphatic rings. The van der Waals surface area contributed by atoms with E-state index in [1.165, 1.54) is 45.0 Å². The first-order valence-electron chi connectivity index (χ1n) is 23.0. The quantitative estimate of drug-likeness (QED) is 0.0210. The predicted molar refractivity (Wildman–Crippen MR) is 280 cm³/mol. The van der Waals surface area contributed by atoms with Crippen LogP contribution in [0.2, 0.25) is 0 Å². The third-order valence-corrected chi connectivity index (χ3v) is 13.5. The topological polar surface area (TPSA) is 418 Å². The van der Waals surface area contributed by atoms with Crippen LogP contribution in [0.3, 0.4) is 0 Å². The highest BCUT2D eigenvalue weighted by molar-refractivity contribution is 7.86. The first kappa shape index (κ1) is 77.0. The maximum absolute atomic E-state index is 13.3. The summed E-state index contributed by atoms with van der Waals surface area (Å²) in [6, 6.07) is 12.0. The minimum atomic E-state index is -5.69. The molecule has 0 N–H and O–H groups in total. The van der Waals surface area contributed by atoms with Crippen molar-refractivity contribution in [2.75, 3.05) is 0 Å². The highest BCUT2D eigenvalue weighted by Crippen LogP contribution is 2.35. The van der Waals surface area contributed by atoms with Gasteiger partial charge >= 0.3 is 11.4 Å². The number of benzene rings is 5. The van der Waals surface area contributed by atoms with Crippen molar-refractivity contribution in [2.24, 2.45) is 0 Å². The zero-order valence-corrected chi connectivity index (χ0v) is 50.4. The van der Waals surface area contributed by atoms with Crippen molar-refractivity contribution in [3.05, 3.63) is 135 Å². The van der Waals surface area contributed by atoms with Gasteiger partial charge in [0.15, 0.2) is 28.9 Å². The molecule has 0 atom stereocenters. The number of rotatable bonds is 17. The Morgan fingerprint density at radius 3 is 1.12 bits per heavy atom. The first-order valence-corrected chi connectivity index (χ1v) is 30.0. The maximum Gasteiger partial charge on any atom is 0.312 e. The van der Waals surface area contributed by atoms with Crippen molar-refractivity contribution in [3.63, 3.8) is 0 Å². The van der Waals surface area contributed by atoms with Crippen LogP contribution in [0.1, 0.15) is 80.4 Å². The van der Waals surface area contributed by atoms with Crippen LogP contribution >= 0.6 is 0 Å². The average molecular weight is 1300 g/mol. The molecular weight excluding hydrogens is 1240 g/mol. The maximum atomic E-state index is 13.3. The number of halogens is 5. The molecule has 0 radical (unpaired) electrons. The van der Waals surface area contributed by atoms with Crippen molar-refractivity contribution in [3.8, 4) is 28.7 Å². The zero-order valence-electron chi connectivity index (χ0n) is 46.4. The Morgan fingerprint density at radius 2 is 0.774 bits per heavy atom. The molecule has 0 unspecified atom stereocenters. The van der Waals surface area contributed by atoms with Gasteiger partial charge in [-0.1, -0.05) is 0 Å². The molecule has 0 saturated heterocycles. The number of nitro benzene ring substituents is 2. The number of hydrogen-bond acceptors (Lipinski definition) is 24. The van der Waals surface area contributed by atoms with Crippen LogP contribution in [0.25, 0.3) is 0 Å². The fourth-order valence-corrected chi connectivity index (χ4v) is 9.03. The van der Waals surface area contributed by atoms with Gasteiger partial charge in [0.2, 0.25) is 11.6 Å². The first-order chi connectivity index (χ1) is 37.5. The summed E-state index contributed by atoms with van der Waals surface area (Å²) in [6.07, 6.45) is -1.57. The molecule has 5 rings (SSSR count). The molecule has 0 bridgehead atoms. The van der Waals surface area contributed by atoms with E-state index in [4.69, 9.17) is 18.9 Å². The van der Waals surface area contributed by atoms with Gasteiger partial charge in [0, 0.05) is 25.6 Å². The molecular formula is C48H55F5N2O24S5-4. The third-order valence-electron chi connectivity index (χ3n) is 8.98. The summed E-state index contributed by atoms with van der Waals surface area (Å²) < 4.78 is 252. The second-order valence-corrected chi connectivity index (χ2v) is 24.5. The Morgan fingerprint density at radius 1 is 0.405 bits per heavy atom. The lowest BCUT2D eigenvalue weighted by Gasteiger charge is -2.16. The molecule has 0 saturated carbocycles. The summed E-state index contributed by atoms with van der Waals surface area (Å²) in [5.41, 5.74) is -0.561. The zero-order chi connectivity index (χ0) is 64.8. The van der Waals surface area contributed by atoms with Crippen LogP contribution in [0, 0.1) is 70.6 Å². The van der Waals surface area contributed by atoms with E-state index in [2.05, 4.69) is 4.74 Å².